The van der Waals surface area contributed by atoms with Crippen LogP contribution in [-0.2, 0) is 14.9 Å². The molecule has 1 aliphatic rings. The van der Waals surface area contributed by atoms with Gasteiger partial charge in [-0.1, -0.05) is 72.3 Å². The lowest BCUT2D eigenvalue weighted by atomic mass is 9.63. The molecule has 0 bridgehead atoms. The van der Waals surface area contributed by atoms with Crippen LogP contribution >= 0.6 is 0 Å². The molecule has 5 rings (SSSR count). The van der Waals surface area contributed by atoms with E-state index < -0.39 is 59.8 Å². The lowest BCUT2D eigenvalue weighted by molar-refractivity contribution is -0.173. The van der Waals surface area contributed by atoms with Gasteiger partial charge in [-0.3, -0.25) is 19.1 Å². The summed E-state index contributed by atoms with van der Waals surface area (Å²) in [6, 6.07) is 23.3. The number of carbonyl (C=O) groups excluding carboxylic acids is 1. The Morgan fingerprint density at radius 1 is 1.00 bits per heavy atom. The highest BCUT2D eigenvalue weighted by atomic mass is 19.4. The third-order valence-electron chi connectivity index (χ3n) is 8.68. The van der Waals surface area contributed by atoms with Gasteiger partial charge in [-0.15, -0.1) is 0 Å². The number of hydrogen-bond donors (Lipinski definition) is 4. The van der Waals surface area contributed by atoms with E-state index >= 15 is 0 Å². The highest BCUT2D eigenvalue weighted by molar-refractivity contribution is 5.82. The van der Waals surface area contributed by atoms with E-state index in [9.17, 15) is 37.8 Å². The minimum atomic E-state index is -5.08. The number of nitrogens with zero attached hydrogens (tertiary/aromatic N) is 1. The summed E-state index contributed by atoms with van der Waals surface area (Å²) in [6.45, 7) is 0.879. The van der Waals surface area contributed by atoms with Crippen molar-refractivity contribution in [3.05, 3.63) is 134 Å². The Kier molecular flexibility index (Phi) is 10.6. The normalized spacial score (nSPS) is 18.8. The third-order valence-corrected chi connectivity index (χ3v) is 8.68. The van der Waals surface area contributed by atoms with Crippen molar-refractivity contribution in [2.45, 2.75) is 49.5 Å². The van der Waals surface area contributed by atoms with E-state index in [2.05, 4.69) is 4.98 Å². The van der Waals surface area contributed by atoms with E-state index in [0.29, 0.717) is 28.2 Å². The molecule has 264 valence electrons. The van der Waals surface area contributed by atoms with Crippen molar-refractivity contribution >= 4 is 12.0 Å². The zero-order valence-corrected chi connectivity index (χ0v) is 27.3. The summed E-state index contributed by atoms with van der Waals surface area (Å²) < 4.78 is 56.8. The van der Waals surface area contributed by atoms with E-state index in [1.807, 2.05) is 30.3 Å². The van der Waals surface area contributed by atoms with Crippen LogP contribution in [0, 0.1) is 0 Å². The molecule has 4 atom stereocenters. The van der Waals surface area contributed by atoms with Gasteiger partial charge >= 0.3 is 17.8 Å². The summed E-state index contributed by atoms with van der Waals surface area (Å²) in [5.41, 5.74) is -1.46. The maximum Gasteiger partial charge on any atom is 0.471 e. The predicted molar refractivity (Wildman–Crippen MR) is 177 cm³/mol. The van der Waals surface area contributed by atoms with Gasteiger partial charge in [-0.25, -0.2) is 4.79 Å². The quantitative estimate of drug-likeness (QED) is 0.174. The van der Waals surface area contributed by atoms with Crippen LogP contribution in [0.3, 0.4) is 0 Å². The van der Waals surface area contributed by atoms with Crippen molar-refractivity contribution in [3.8, 4) is 11.5 Å². The predicted octanol–water partition coefficient (Wildman–Crippen LogP) is 3.68. The second-order valence-corrected chi connectivity index (χ2v) is 11.8. The Balaban J connectivity index is 1.59. The number of halogens is 3. The molecule has 1 saturated heterocycles. The first-order valence-corrected chi connectivity index (χ1v) is 15.5. The number of aromatic amines is 1. The molecule has 1 aromatic heterocycles. The van der Waals surface area contributed by atoms with Crippen molar-refractivity contribution in [3.63, 3.8) is 0 Å². The summed E-state index contributed by atoms with van der Waals surface area (Å²) in [6.07, 6.45) is -8.29. The largest absolute Gasteiger partial charge is 0.496 e. The Morgan fingerprint density at radius 3 is 2.12 bits per heavy atom. The first kappa shape index (κ1) is 36.1. The number of rotatable bonds is 11. The highest BCUT2D eigenvalue weighted by Gasteiger charge is 2.54. The fourth-order valence-corrected chi connectivity index (χ4v) is 6.42. The molecule has 0 saturated carbocycles. The minimum Gasteiger partial charge on any atom is -0.496 e. The van der Waals surface area contributed by atoms with Gasteiger partial charge in [0, 0.05) is 30.3 Å². The van der Waals surface area contributed by atoms with Crippen molar-refractivity contribution < 1.29 is 42.4 Å². The van der Waals surface area contributed by atoms with Gasteiger partial charge in [0.05, 0.1) is 31.3 Å². The number of hydrogen-bond acceptors (Lipinski definition) is 8. The molecule has 1 aliphatic heterocycles. The number of benzene rings is 3. The molecular weight excluding hydrogens is 659 g/mol. The molecule has 50 heavy (non-hydrogen) atoms. The standard InChI is InChI=1S/C36H36F3N3O8/c1-21(19-40-33(46)36(37,38)39)17-22-20-42(34(47)41-32(22)45)29-18-26(43)30(50-29)31(44)35(23-11-5-4-6-12-23,24-13-7-9-15-27(24)48-2)25-14-8-10-16-28(25)49-3/h4-17,20,26,29-31,43-44H,18-19H2,1-3H3,(H,40,46)(H,41,45,47)/b21-17+/t26-,29+,30-,31?/m0/s1. The second kappa shape index (κ2) is 14.7. The second-order valence-electron chi connectivity index (χ2n) is 11.8. The molecule has 0 aliphatic carbocycles. The van der Waals surface area contributed by atoms with Crippen LogP contribution in [0.4, 0.5) is 13.2 Å². The van der Waals surface area contributed by atoms with E-state index in [4.69, 9.17) is 14.2 Å². The van der Waals surface area contributed by atoms with Gasteiger partial charge in [0.1, 0.15) is 29.9 Å². The van der Waals surface area contributed by atoms with Crippen molar-refractivity contribution in [1.29, 1.82) is 0 Å². The van der Waals surface area contributed by atoms with Crippen LogP contribution in [0.1, 0.15) is 41.8 Å². The Hall–Kier alpha value is -5.18. The number of alkyl halides is 3. The summed E-state index contributed by atoms with van der Waals surface area (Å²) in [5.74, 6) is -1.28. The molecule has 11 nitrogen and oxygen atoms in total. The molecule has 1 amide bonds. The van der Waals surface area contributed by atoms with Crippen molar-refractivity contribution in [2.24, 2.45) is 0 Å². The van der Waals surface area contributed by atoms with Crippen molar-refractivity contribution in [1.82, 2.24) is 14.9 Å². The zero-order valence-electron chi connectivity index (χ0n) is 27.3. The molecule has 0 radical (unpaired) electrons. The van der Waals surface area contributed by atoms with Crippen LogP contribution in [0.15, 0.2) is 100 Å². The number of H-pyrrole nitrogens is 1. The first-order valence-electron chi connectivity index (χ1n) is 15.5. The maximum absolute atomic E-state index is 13.0. The fourth-order valence-electron chi connectivity index (χ4n) is 6.42. The fraction of sp³-hybridized carbons (Fsp3) is 0.306. The smallest absolute Gasteiger partial charge is 0.471 e. The number of amides is 1. The van der Waals surface area contributed by atoms with Gasteiger partial charge in [0.25, 0.3) is 5.56 Å². The number of aromatic nitrogens is 2. The van der Waals surface area contributed by atoms with Crippen LogP contribution in [0.2, 0.25) is 0 Å². The Labute approximate surface area is 284 Å². The van der Waals surface area contributed by atoms with Crippen LogP contribution in [-0.4, -0.2) is 70.9 Å². The van der Waals surface area contributed by atoms with E-state index in [0.717, 1.165) is 10.8 Å². The van der Waals surface area contributed by atoms with Gasteiger partial charge in [0.15, 0.2) is 0 Å². The highest BCUT2D eigenvalue weighted by Crippen LogP contribution is 2.51. The lowest BCUT2D eigenvalue weighted by Crippen LogP contribution is -2.51. The third kappa shape index (κ3) is 6.95. The van der Waals surface area contributed by atoms with E-state index in [1.54, 1.807) is 53.8 Å². The average molecular weight is 696 g/mol. The topological polar surface area (TPSA) is 152 Å². The van der Waals surface area contributed by atoms with Crippen LogP contribution in [0.5, 0.6) is 11.5 Å². The van der Waals surface area contributed by atoms with Crippen LogP contribution < -0.4 is 26.0 Å². The molecular formula is C36H36F3N3O8. The number of ether oxygens (including phenoxy) is 3. The molecule has 0 spiro atoms. The molecule has 14 heteroatoms. The first-order chi connectivity index (χ1) is 23.8. The van der Waals surface area contributed by atoms with E-state index in [1.165, 1.54) is 27.2 Å². The average Bonchev–Trinajstić information content (AvgIpc) is 3.49. The number of para-hydroxylation sites is 2. The summed E-state index contributed by atoms with van der Waals surface area (Å²) >= 11 is 0. The lowest BCUT2D eigenvalue weighted by Gasteiger charge is -2.43. The van der Waals surface area contributed by atoms with Gasteiger partial charge in [-0.05, 0) is 30.7 Å². The monoisotopic (exact) mass is 695 g/mol. The SMILES string of the molecule is COc1ccccc1C(c1ccccc1)(c1ccccc1OC)C(O)[C@H]1O[C@@H](n2cc(/C=C(\C)CNC(=O)C(F)(F)F)c(=O)[nH]c2=O)C[C@@H]1O. The number of aliphatic hydroxyl groups is 2. The summed E-state index contributed by atoms with van der Waals surface area (Å²) in [4.78, 5) is 39.1. The Morgan fingerprint density at radius 2 is 1.56 bits per heavy atom. The Bertz CT molecular complexity index is 1930. The van der Waals surface area contributed by atoms with Crippen LogP contribution in [0.25, 0.3) is 6.08 Å². The van der Waals surface area contributed by atoms with Gasteiger partial charge in [-0.2, -0.15) is 13.2 Å². The molecule has 1 fully saturated rings. The number of carbonyl (C=O) groups is 1. The number of nitrogens with one attached hydrogen (secondary N) is 2. The molecule has 4 aromatic rings. The number of aliphatic hydroxyl groups excluding tert-OH is 2. The molecule has 3 aromatic carbocycles. The summed E-state index contributed by atoms with van der Waals surface area (Å²) in [7, 11) is 3.00. The summed E-state index contributed by atoms with van der Waals surface area (Å²) in [5, 5.41) is 25.9. The van der Waals surface area contributed by atoms with Gasteiger partial charge < -0.3 is 29.7 Å². The van der Waals surface area contributed by atoms with E-state index in [-0.39, 0.29) is 17.6 Å². The number of methoxy groups -OCH3 is 2. The van der Waals surface area contributed by atoms with Crippen molar-refractivity contribution in [2.75, 3.05) is 20.8 Å². The molecule has 1 unspecified atom stereocenters. The zero-order chi connectivity index (χ0) is 36.2. The minimum absolute atomic E-state index is 0.118. The van der Waals surface area contributed by atoms with Gasteiger partial charge in [0.2, 0.25) is 0 Å². The molecule has 2 heterocycles. The molecule has 4 N–H and O–H groups in total. The maximum atomic E-state index is 13.0.